The summed E-state index contributed by atoms with van der Waals surface area (Å²) in [5.74, 6) is 0.341. The lowest BCUT2D eigenvalue weighted by Gasteiger charge is -2.14. The molecule has 0 aromatic carbocycles. The Hall–Kier alpha value is -1.42. The molecule has 1 aromatic heterocycles. The Bertz CT molecular complexity index is 377. The summed E-state index contributed by atoms with van der Waals surface area (Å²) < 4.78 is 0. The number of amides is 1. The molecule has 1 heterocycles. The van der Waals surface area contributed by atoms with Crippen molar-refractivity contribution < 1.29 is 4.79 Å². The molecule has 3 N–H and O–H groups in total. The third-order valence-corrected chi connectivity index (χ3v) is 2.65. The second kappa shape index (κ2) is 6.35. The van der Waals surface area contributed by atoms with Gasteiger partial charge in [0, 0.05) is 18.9 Å². The Balaban J connectivity index is 2.46. The molecule has 4 heteroatoms. The van der Waals surface area contributed by atoms with Gasteiger partial charge in [0.2, 0.25) is 5.91 Å². The van der Waals surface area contributed by atoms with Crippen molar-refractivity contribution in [3.8, 4) is 0 Å². The lowest BCUT2D eigenvalue weighted by atomic mass is 10.0. The third kappa shape index (κ3) is 4.53. The maximum atomic E-state index is 11.7. The number of nitrogens with zero attached hydrogens (tertiary/aromatic N) is 1. The van der Waals surface area contributed by atoms with Crippen LogP contribution in [0.4, 0.5) is 0 Å². The van der Waals surface area contributed by atoms with Gasteiger partial charge < -0.3 is 11.1 Å². The van der Waals surface area contributed by atoms with Crippen LogP contribution in [0.5, 0.6) is 0 Å². The van der Waals surface area contributed by atoms with Gasteiger partial charge in [-0.3, -0.25) is 9.78 Å². The van der Waals surface area contributed by atoms with Gasteiger partial charge in [-0.15, -0.1) is 0 Å². The van der Waals surface area contributed by atoms with Gasteiger partial charge in [0.05, 0.1) is 6.04 Å². The fourth-order valence-corrected chi connectivity index (χ4v) is 1.63. The van der Waals surface area contributed by atoms with Crippen LogP contribution in [0.1, 0.15) is 31.4 Å². The predicted molar refractivity (Wildman–Crippen MR) is 68.3 cm³/mol. The number of pyridine rings is 1. The summed E-state index contributed by atoms with van der Waals surface area (Å²) in [6.45, 7) is 6.60. The topological polar surface area (TPSA) is 68.0 Å². The number of nitrogens with one attached hydrogen (secondary N) is 1. The highest BCUT2D eigenvalue weighted by Gasteiger charge is 2.14. The van der Waals surface area contributed by atoms with Crippen LogP contribution in [0.25, 0.3) is 0 Å². The van der Waals surface area contributed by atoms with E-state index in [0.29, 0.717) is 18.9 Å². The first kappa shape index (κ1) is 13.6. The number of carbonyl (C=O) groups is 1. The molecule has 0 radical (unpaired) electrons. The van der Waals surface area contributed by atoms with Gasteiger partial charge in [-0.1, -0.05) is 13.8 Å². The Labute approximate surface area is 103 Å². The summed E-state index contributed by atoms with van der Waals surface area (Å²) in [6.07, 6.45) is 4.22. The highest BCUT2D eigenvalue weighted by molar-refractivity contribution is 5.81. The van der Waals surface area contributed by atoms with E-state index in [9.17, 15) is 4.79 Å². The van der Waals surface area contributed by atoms with Crippen molar-refractivity contribution in [3.63, 3.8) is 0 Å². The molecule has 0 fully saturated rings. The van der Waals surface area contributed by atoms with Crippen molar-refractivity contribution in [1.29, 1.82) is 0 Å². The summed E-state index contributed by atoms with van der Waals surface area (Å²) >= 11 is 0. The molecule has 1 rings (SSSR count). The number of hydrogen-bond donors (Lipinski definition) is 2. The minimum atomic E-state index is -0.419. The molecule has 17 heavy (non-hydrogen) atoms. The van der Waals surface area contributed by atoms with Gasteiger partial charge in [0.15, 0.2) is 0 Å². The fourth-order valence-electron chi connectivity index (χ4n) is 1.63. The Morgan fingerprint density at radius 1 is 1.53 bits per heavy atom. The van der Waals surface area contributed by atoms with Crippen LogP contribution in [-0.2, 0) is 11.3 Å². The van der Waals surface area contributed by atoms with Crippen LogP contribution in [0.2, 0.25) is 0 Å². The second-order valence-electron chi connectivity index (χ2n) is 4.76. The van der Waals surface area contributed by atoms with E-state index >= 15 is 0 Å². The van der Waals surface area contributed by atoms with Crippen LogP contribution < -0.4 is 11.1 Å². The predicted octanol–water partition coefficient (Wildman–Crippen LogP) is 1.38. The van der Waals surface area contributed by atoms with Crippen molar-refractivity contribution in [2.45, 2.75) is 39.8 Å². The average Bonchev–Trinajstić information content (AvgIpc) is 2.26. The van der Waals surface area contributed by atoms with E-state index in [1.807, 2.05) is 13.0 Å². The van der Waals surface area contributed by atoms with Crippen molar-refractivity contribution in [2.24, 2.45) is 11.7 Å². The molecule has 0 saturated heterocycles. The van der Waals surface area contributed by atoms with E-state index in [0.717, 1.165) is 11.1 Å². The van der Waals surface area contributed by atoms with Gasteiger partial charge in [0.25, 0.3) is 0 Å². The summed E-state index contributed by atoms with van der Waals surface area (Å²) in [7, 11) is 0. The second-order valence-corrected chi connectivity index (χ2v) is 4.76. The summed E-state index contributed by atoms with van der Waals surface area (Å²) in [6, 6.07) is 1.49. The molecule has 0 aliphatic heterocycles. The number of nitrogens with two attached hydrogens (primary N) is 1. The van der Waals surface area contributed by atoms with Gasteiger partial charge in [-0.05, 0) is 36.5 Å². The first-order chi connectivity index (χ1) is 8.00. The van der Waals surface area contributed by atoms with Crippen LogP contribution in [0, 0.1) is 12.8 Å². The zero-order chi connectivity index (χ0) is 12.8. The SMILES string of the molecule is Cc1cnccc1CNC(=O)C(N)CC(C)C. The third-order valence-electron chi connectivity index (χ3n) is 2.65. The van der Waals surface area contributed by atoms with Crippen LogP contribution in [-0.4, -0.2) is 16.9 Å². The smallest absolute Gasteiger partial charge is 0.237 e. The summed E-state index contributed by atoms with van der Waals surface area (Å²) in [4.78, 5) is 15.7. The first-order valence-electron chi connectivity index (χ1n) is 5.93. The lowest BCUT2D eigenvalue weighted by molar-refractivity contribution is -0.122. The van der Waals surface area contributed by atoms with Gasteiger partial charge in [0.1, 0.15) is 0 Å². The molecule has 0 saturated carbocycles. The van der Waals surface area contributed by atoms with Crippen LogP contribution in [0.3, 0.4) is 0 Å². The first-order valence-corrected chi connectivity index (χ1v) is 5.93. The van der Waals surface area contributed by atoms with Crippen LogP contribution in [0.15, 0.2) is 18.5 Å². The Morgan fingerprint density at radius 3 is 2.82 bits per heavy atom. The Kier molecular flexibility index (Phi) is 5.10. The van der Waals surface area contributed by atoms with Crippen molar-refractivity contribution in [1.82, 2.24) is 10.3 Å². The number of rotatable bonds is 5. The van der Waals surface area contributed by atoms with Crippen molar-refractivity contribution in [2.75, 3.05) is 0 Å². The van der Waals surface area contributed by atoms with E-state index in [4.69, 9.17) is 5.73 Å². The largest absolute Gasteiger partial charge is 0.351 e. The highest BCUT2D eigenvalue weighted by atomic mass is 16.2. The zero-order valence-corrected chi connectivity index (χ0v) is 10.7. The average molecular weight is 235 g/mol. The molecule has 0 bridgehead atoms. The Morgan fingerprint density at radius 2 is 2.24 bits per heavy atom. The quantitative estimate of drug-likeness (QED) is 0.810. The molecule has 0 aliphatic rings. The molecular weight excluding hydrogens is 214 g/mol. The molecule has 94 valence electrons. The molecule has 0 aliphatic carbocycles. The maximum absolute atomic E-state index is 11.7. The number of aromatic nitrogens is 1. The molecule has 4 nitrogen and oxygen atoms in total. The minimum Gasteiger partial charge on any atom is -0.351 e. The maximum Gasteiger partial charge on any atom is 0.237 e. The molecular formula is C13H21N3O. The van der Waals surface area contributed by atoms with Crippen molar-refractivity contribution in [3.05, 3.63) is 29.6 Å². The zero-order valence-electron chi connectivity index (χ0n) is 10.7. The van der Waals surface area contributed by atoms with E-state index in [1.165, 1.54) is 0 Å². The van der Waals surface area contributed by atoms with Gasteiger partial charge in [-0.25, -0.2) is 0 Å². The molecule has 1 unspecified atom stereocenters. The highest BCUT2D eigenvalue weighted by Crippen LogP contribution is 2.06. The fraction of sp³-hybridized carbons (Fsp3) is 0.538. The lowest BCUT2D eigenvalue weighted by Crippen LogP contribution is -2.41. The van der Waals surface area contributed by atoms with E-state index < -0.39 is 6.04 Å². The number of carbonyl (C=O) groups excluding carboxylic acids is 1. The molecule has 1 atom stereocenters. The van der Waals surface area contributed by atoms with Crippen LogP contribution >= 0.6 is 0 Å². The normalized spacial score (nSPS) is 12.5. The minimum absolute atomic E-state index is 0.0880. The van der Waals surface area contributed by atoms with E-state index in [2.05, 4.69) is 24.1 Å². The van der Waals surface area contributed by atoms with Gasteiger partial charge in [-0.2, -0.15) is 0 Å². The number of hydrogen-bond acceptors (Lipinski definition) is 3. The molecule has 1 amide bonds. The van der Waals surface area contributed by atoms with Gasteiger partial charge >= 0.3 is 0 Å². The summed E-state index contributed by atoms with van der Waals surface area (Å²) in [5.41, 5.74) is 7.94. The van der Waals surface area contributed by atoms with E-state index in [-0.39, 0.29) is 5.91 Å². The summed E-state index contributed by atoms with van der Waals surface area (Å²) in [5, 5.41) is 2.85. The van der Waals surface area contributed by atoms with Crippen molar-refractivity contribution >= 4 is 5.91 Å². The number of aryl methyl sites for hydroxylation is 1. The van der Waals surface area contributed by atoms with E-state index in [1.54, 1.807) is 12.4 Å². The monoisotopic (exact) mass is 235 g/mol. The standard InChI is InChI=1S/C13H21N3O/c1-9(2)6-12(14)13(17)16-8-11-4-5-15-7-10(11)3/h4-5,7,9,12H,6,8,14H2,1-3H3,(H,16,17). The molecule has 1 aromatic rings. The molecule has 0 spiro atoms.